The molecule has 8 heteroatoms. The molecule has 2 aromatic carbocycles. The largest absolute Gasteiger partial charge is 0.305 e. The van der Waals surface area contributed by atoms with Crippen molar-refractivity contribution in [1.82, 2.24) is 29.8 Å². The highest BCUT2D eigenvalue weighted by Gasteiger charge is 2.16. The van der Waals surface area contributed by atoms with Crippen LogP contribution < -0.4 is 5.56 Å². The van der Waals surface area contributed by atoms with E-state index in [0.29, 0.717) is 21.9 Å². The van der Waals surface area contributed by atoms with Gasteiger partial charge in [-0.2, -0.15) is 4.68 Å². The number of hydrogen-bond acceptors (Lipinski definition) is 6. The summed E-state index contributed by atoms with van der Waals surface area (Å²) >= 11 is 1.40. The van der Waals surface area contributed by atoms with Gasteiger partial charge in [-0.25, -0.2) is 0 Å². The Balaban J connectivity index is 1.55. The minimum absolute atomic E-state index is 0.105. The summed E-state index contributed by atoms with van der Waals surface area (Å²) in [5.41, 5.74) is 2.81. The highest BCUT2D eigenvalue weighted by molar-refractivity contribution is 7.98. The van der Waals surface area contributed by atoms with Gasteiger partial charge in [-0.15, -0.1) is 15.3 Å². The van der Waals surface area contributed by atoms with E-state index >= 15 is 0 Å². The maximum atomic E-state index is 12.6. The van der Waals surface area contributed by atoms with Crippen molar-refractivity contribution >= 4 is 22.7 Å². The van der Waals surface area contributed by atoms with Crippen LogP contribution >= 0.6 is 11.8 Å². The van der Waals surface area contributed by atoms with Gasteiger partial charge in [-0.1, -0.05) is 74.1 Å². The number of thioether (sulfide) groups is 1. The Morgan fingerprint density at radius 2 is 1.69 bits per heavy atom. The van der Waals surface area contributed by atoms with Crippen molar-refractivity contribution in [1.29, 1.82) is 0 Å². The van der Waals surface area contributed by atoms with E-state index in [1.165, 1.54) is 22.0 Å². The van der Waals surface area contributed by atoms with E-state index in [9.17, 15) is 4.79 Å². The normalized spacial score (nSPS) is 11.9. The van der Waals surface area contributed by atoms with Gasteiger partial charge in [0.15, 0.2) is 11.0 Å². The summed E-state index contributed by atoms with van der Waals surface area (Å²) in [6.45, 7) is 6.57. The van der Waals surface area contributed by atoms with Crippen molar-refractivity contribution in [2.75, 3.05) is 0 Å². The van der Waals surface area contributed by atoms with Crippen molar-refractivity contribution in [2.24, 2.45) is 7.05 Å². The monoisotopic (exact) mass is 406 g/mol. The summed E-state index contributed by atoms with van der Waals surface area (Å²) in [6.07, 6.45) is 0. The summed E-state index contributed by atoms with van der Waals surface area (Å²) in [6, 6.07) is 15.6. The Morgan fingerprint density at radius 3 is 2.41 bits per heavy atom. The van der Waals surface area contributed by atoms with Crippen LogP contribution in [0.15, 0.2) is 58.5 Å². The lowest BCUT2D eigenvalue weighted by molar-refractivity contribution is 0.590. The molecule has 0 aliphatic rings. The summed E-state index contributed by atoms with van der Waals surface area (Å²) in [5, 5.41) is 18.0. The number of hydrogen-bond donors (Lipinski definition) is 0. The average molecular weight is 407 g/mol. The Kier molecular flexibility index (Phi) is 4.96. The lowest BCUT2D eigenvalue weighted by Gasteiger charge is -2.19. The molecule has 0 amide bonds. The number of benzene rings is 2. The molecule has 0 aliphatic heterocycles. The number of aromatic nitrogens is 6. The first-order valence-electron chi connectivity index (χ1n) is 9.30. The molecular formula is C21H22N6OS. The van der Waals surface area contributed by atoms with Crippen LogP contribution in [0.2, 0.25) is 0 Å². The van der Waals surface area contributed by atoms with Gasteiger partial charge in [-0.05, 0) is 23.1 Å². The maximum Gasteiger partial charge on any atom is 0.278 e. The zero-order chi connectivity index (χ0) is 20.6. The molecule has 2 heterocycles. The SMILES string of the molecule is Cn1c(SCn2nnc3ccccc3c2=O)nnc1-c1ccc(C(C)(C)C)cc1. The van der Waals surface area contributed by atoms with Gasteiger partial charge in [0.2, 0.25) is 0 Å². The van der Waals surface area contributed by atoms with Gasteiger partial charge in [0.05, 0.1) is 11.3 Å². The lowest BCUT2D eigenvalue weighted by Crippen LogP contribution is -2.23. The molecule has 4 aromatic rings. The van der Waals surface area contributed by atoms with Crippen LogP contribution in [-0.4, -0.2) is 29.8 Å². The molecule has 0 fully saturated rings. The highest BCUT2D eigenvalue weighted by atomic mass is 32.2. The van der Waals surface area contributed by atoms with Gasteiger partial charge in [0.25, 0.3) is 5.56 Å². The molecule has 0 spiro atoms. The number of rotatable bonds is 4. The molecule has 0 unspecified atom stereocenters. The minimum atomic E-state index is -0.164. The fourth-order valence-electron chi connectivity index (χ4n) is 3.04. The summed E-state index contributed by atoms with van der Waals surface area (Å²) in [4.78, 5) is 12.6. The van der Waals surface area contributed by atoms with Gasteiger partial charge < -0.3 is 4.57 Å². The van der Waals surface area contributed by atoms with E-state index in [-0.39, 0.29) is 11.0 Å². The molecule has 29 heavy (non-hydrogen) atoms. The molecule has 0 saturated carbocycles. The second kappa shape index (κ2) is 7.44. The zero-order valence-electron chi connectivity index (χ0n) is 16.8. The van der Waals surface area contributed by atoms with Crippen LogP contribution in [0.3, 0.4) is 0 Å². The Bertz CT molecular complexity index is 1220. The van der Waals surface area contributed by atoms with Crippen molar-refractivity contribution in [3.8, 4) is 11.4 Å². The van der Waals surface area contributed by atoms with Crippen molar-refractivity contribution in [3.63, 3.8) is 0 Å². The predicted octanol–water partition coefficient (Wildman–Crippen LogP) is 3.63. The van der Waals surface area contributed by atoms with Gasteiger partial charge >= 0.3 is 0 Å². The van der Waals surface area contributed by atoms with Crippen LogP contribution in [0.4, 0.5) is 0 Å². The topological polar surface area (TPSA) is 78.5 Å². The summed E-state index contributed by atoms with van der Waals surface area (Å²) in [7, 11) is 1.92. The first-order valence-corrected chi connectivity index (χ1v) is 10.3. The molecule has 2 aromatic heterocycles. The molecule has 148 valence electrons. The van der Waals surface area contributed by atoms with Crippen LogP contribution in [0.5, 0.6) is 0 Å². The molecule has 7 nitrogen and oxygen atoms in total. The van der Waals surface area contributed by atoms with Crippen LogP contribution in [-0.2, 0) is 18.3 Å². The molecule has 4 rings (SSSR count). The fourth-order valence-corrected chi connectivity index (χ4v) is 3.82. The third kappa shape index (κ3) is 3.80. The smallest absolute Gasteiger partial charge is 0.278 e. The van der Waals surface area contributed by atoms with Gasteiger partial charge in [-0.3, -0.25) is 4.79 Å². The third-order valence-electron chi connectivity index (χ3n) is 4.79. The lowest BCUT2D eigenvalue weighted by atomic mass is 9.87. The summed E-state index contributed by atoms with van der Waals surface area (Å²) < 4.78 is 3.27. The molecule has 0 radical (unpaired) electrons. The molecule has 0 aliphatic carbocycles. The van der Waals surface area contributed by atoms with Crippen LogP contribution in [0.1, 0.15) is 26.3 Å². The van der Waals surface area contributed by atoms with Gasteiger partial charge in [0.1, 0.15) is 5.52 Å². The molecule has 0 saturated heterocycles. The highest BCUT2D eigenvalue weighted by Crippen LogP contribution is 2.27. The van der Waals surface area contributed by atoms with Crippen molar-refractivity contribution < 1.29 is 0 Å². The van der Waals surface area contributed by atoms with E-state index in [2.05, 4.69) is 65.5 Å². The Hall–Kier alpha value is -3.00. The second-order valence-corrected chi connectivity index (χ2v) is 8.79. The Labute approximate surface area is 172 Å². The predicted molar refractivity (Wildman–Crippen MR) is 115 cm³/mol. The number of fused-ring (bicyclic) bond motifs is 1. The van der Waals surface area contributed by atoms with E-state index in [4.69, 9.17) is 0 Å². The van der Waals surface area contributed by atoms with E-state index < -0.39 is 0 Å². The zero-order valence-corrected chi connectivity index (χ0v) is 17.6. The molecule has 0 bridgehead atoms. The standard InChI is InChI=1S/C21H22N6OS/c1-21(2,3)15-11-9-14(10-12-15)18-23-24-20(26(18)4)29-13-27-19(28)16-7-5-6-8-17(16)22-25-27/h5-12H,13H2,1-4H3. The van der Waals surface area contributed by atoms with Crippen molar-refractivity contribution in [3.05, 3.63) is 64.4 Å². The Morgan fingerprint density at radius 1 is 0.966 bits per heavy atom. The van der Waals surface area contributed by atoms with E-state index in [1.807, 2.05) is 23.7 Å². The first kappa shape index (κ1) is 19.3. The average Bonchev–Trinajstić information content (AvgIpc) is 3.07. The summed E-state index contributed by atoms with van der Waals surface area (Å²) in [5.74, 6) is 1.09. The molecule has 0 N–H and O–H groups in total. The van der Waals surface area contributed by atoms with Gasteiger partial charge in [0, 0.05) is 12.6 Å². The maximum absolute atomic E-state index is 12.6. The number of nitrogens with zero attached hydrogens (tertiary/aromatic N) is 6. The quantitative estimate of drug-likeness (QED) is 0.482. The first-order chi connectivity index (χ1) is 13.8. The van der Waals surface area contributed by atoms with Crippen molar-refractivity contribution in [2.45, 2.75) is 37.2 Å². The molecular weight excluding hydrogens is 384 g/mol. The van der Waals surface area contributed by atoms with E-state index in [0.717, 1.165) is 11.4 Å². The van der Waals surface area contributed by atoms with Crippen LogP contribution in [0, 0.1) is 0 Å². The minimum Gasteiger partial charge on any atom is -0.305 e. The van der Waals surface area contributed by atoms with Crippen LogP contribution in [0.25, 0.3) is 22.3 Å². The second-order valence-electron chi connectivity index (χ2n) is 7.88. The molecule has 0 atom stereocenters. The third-order valence-corrected chi connectivity index (χ3v) is 5.78. The van der Waals surface area contributed by atoms with E-state index in [1.54, 1.807) is 12.1 Å². The fraction of sp³-hybridized carbons (Fsp3) is 0.286.